The van der Waals surface area contributed by atoms with Crippen molar-refractivity contribution in [3.05, 3.63) is 65.9 Å². The fraction of sp³-hybridized carbons (Fsp3) is 0.433. The molecular formula is C30H35N3O4. The van der Waals surface area contributed by atoms with Crippen molar-refractivity contribution in [3.63, 3.8) is 0 Å². The van der Waals surface area contributed by atoms with Gasteiger partial charge in [0.1, 0.15) is 18.4 Å². The number of piperidine rings is 1. The summed E-state index contributed by atoms with van der Waals surface area (Å²) in [7, 11) is 0. The Morgan fingerprint density at radius 1 is 1.14 bits per heavy atom. The standard InChI is InChI=1S/C30H35N3O4/c1-18-13-19(22-7-5-6-8-24(22)32-18)16-37-21-11-9-20(10-12-21)33-27(34)26-23(28(35)36)14-30(17-31-26)15-25(30)29(2,3)4/h5-13,23,25-26,31H,14-17H2,1-4H3,(H,33,34)(H,35,36)/t23-,25?,26-,30?/m0/s1. The number of nitrogens with one attached hydrogen (secondary N) is 2. The minimum Gasteiger partial charge on any atom is -0.489 e. The number of pyridine rings is 1. The summed E-state index contributed by atoms with van der Waals surface area (Å²) >= 11 is 0. The number of benzene rings is 2. The normalized spacial score (nSPS) is 25.1. The Kier molecular flexibility index (Phi) is 6.44. The minimum atomic E-state index is -0.922. The van der Waals surface area contributed by atoms with Crippen molar-refractivity contribution in [2.75, 3.05) is 11.9 Å². The number of carbonyl (C=O) groups is 2. The molecule has 1 spiro atoms. The molecule has 3 N–H and O–H groups in total. The summed E-state index contributed by atoms with van der Waals surface area (Å²) in [5, 5.41) is 17.1. The highest BCUT2D eigenvalue weighted by Gasteiger charge is 2.62. The average Bonchev–Trinajstić information content (AvgIpc) is 3.57. The van der Waals surface area contributed by atoms with Gasteiger partial charge in [-0.1, -0.05) is 39.0 Å². The molecule has 7 nitrogen and oxygen atoms in total. The van der Waals surface area contributed by atoms with E-state index in [1.54, 1.807) is 12.1 Å². The molecule has 1 aromatic heterocycles. The number of ether oxygens (including phenoxy) is 1. The summed E-state index contributed by atoms with van der Waals surface area (Å²) in [6.45, 7) is 9.65. The van der Waals surface area contributed by atoms with E-state index < -0.39 is 17.9 Å². The van der Waals surface area contributed by atoms with Gasteiger partial charge in [0.05, 0.1) is 11.4 Å². The zero-order chi connectivity index (χ0) is 26.4. The van der Waals surface area contributed by atoms with Crippen LogP contribution in [0.2, 0.25) is 0 Å². The first-order chi connectivity index (χ1) is 17.6. The maximum absolute atomic E-state index is 13.1. The smallest absolute Gasteiger partial charge is 0.308 e. The molecule has 194 valence electrons. The third-order valence-electron chi connectivity index (χ3n) is 7.98. The van der Waals surface area contributed by atoms with Crippen molar-refractivity contribution in [1.29, 1.82) is 0 Å². The molecule has 7 heteroatoms. The lowest BCUT2D eigenvalue weighted by molar-refractivity contribution is -0.147. The van der Waals surface area contributed by atoms with E-state index in [2.05, 4.69) is 36.4 Å². The van der Waals surface area contributed by atoms with Gasteiger partial charge in [-0.25, -0.2) is 0 Å². The molecule has 5 rings (SSSR count). The lowest BCUT2D eigenvalue weighted by Gasteiger charge is -2.37. The van der Waals surface area contributed by atoms with Crippen LogP contribution in [0.4, 0.5) is 5.69 Å². The van der Waals surface area contributed by atoms with E-state index in [0.717, 1.165) is 28.6 Å². The molecule has 2 unspecified atom stereocenters. The first-order valence-electron chi connectivity index (χ1n) is 12.9. The lowest BCUT2D eigenvalue weighted by Crippen LogP contribution is -2.55. The number of hydrogen-bond acceptors (Lipinski definition) is 5. The number of aromatic nitrogens is 1. The molecule has 2 fully saturated rings. The van der Waals surface area contributed by atoms with Gasteiger partial charge in [-0.2, -0.15) is 0 Å². The molecule has 1 saturated carbocycles. The first-order valence-corrected chi connectivity index (χ1v) is 12.9. The van der Waals surface area contributed by atoms with E-state index in [0.29, 0.717) is 36.9 Å². The van der Waals surface area contributed by atoms with Crippen molar-refractivity contribution in [2.24, 2.45) is 22.7 Å². The highest BCUT2D eigenvalue weighted by Crippen LogP contribution is 2.64. The van der Waals surface area contributed by atoms with Crippen molar-refractivity contribution >= 4 is 28.5 Å². The fourth-order valence-electron chi connectivity index (χ4n) is 6.11. The summed E-state index contributed by atoms with van der Waals surface area (Å²) in [6.07, 6.45) is 1.54. The zero-order valence-corrected chi connectivity index (χ0v) is 21.9. The van der Waals surface area contributed by atoms with Gasteiger partial charge < -0.3 is 20.5 Å². The van der Waals surface area contributed by atoms with Gasteiger partial charge in [0, 0.05) is 28.9 Å². The van der Waals surface area contributed by atoms with E-state index in [9.17, 15) is 14.7 Å². The molecular weight excluding hydrogens is 466 g/mol. The number of fused-ring (bicyclic) bond motifs is 1. The zero-order valence-electron chi connectivity index (χ0n) is 21.9. The van der Waals surface area contributed by atoms with Gasteiger partial charge in [-0.15, -0.1) is 0 Å². The molecule has 0 radical (unpaired) electrons. The van der Waals surface area contributed by atoms with Gasteiger partial charge in [0.25, 0.3) is 0 Å². The second-order valence-corrected chi connectivity index (χ2v) is 11.7. The first kappa shape index (κ1) is 25.2. The number of anilines is 1. The largest absolute Gasteiger partial charge is 0.489 e. The Labute approximate surface area is 217 Å². The van der Waals surface area contributed by atoms with Crippen molar-refractivity contribution in [3.8, 4) is 5.75 Å². The molecule has 1 saturated heterocycles. The molecule has 2 heterocycles. The Balaban J connectivity index is 1.21. The van der Waals surface area contributed by atoms with E-state index >= 15 is 0 Å². The highest BCUT2D eigenvalue weighted by molar-refractivity contribution is 5.97. The van der Waals surface area contributed by atoms with Gasteiger partial charge in [0.2, 0.25) is 5.91 Å². The molecule has 4 atom stereocenters. The number of aryl methyl sites for hydroxylation is 1. The molecule has 0 bridgehead atoms. The number of carboxylic acid groups (broad SMARTS) is 1. The van der Waals surface area contributed by atoms with Crippen LogP contribution in [0.15, 0.2) is 54.6 Å². The van der Waals surface area contributed by atoms with Gasteiger partial charge in [-0.05, 0) is 72.9 Å². The van der Waals surface area contributed by atoms with Crippen LogP contribution >= 0.6 is 0 Å². The van der Waals surface area contributed by atoms with Crippen LogP contribution in [0, 0.1) is 29.6 Å². The predicted molar refractivity (Wildman–Crippen MR) is 143 cm³/mol. The predicted octanol–water partition coefficient (Wildman–Crippen LogP) is 5.18. The third kappa shape index (κ3) is 5.18. The maximum Gasteiger partial charge on any atom is 0.308 e. The Morgan fingerprint density at radius 2 is 1.86 bits per heavy atom. The third-order valence-corrected chi connectivity index (χ3v) is 7.98. The minimum absolute atomic E-state index is 0.0181. The number of amides is 1. The molecule has 37 heavy (non-hydrogen) atoms. The second-order valence-electron chi connectivity index (χ2n) is 11.7. The van der Waals surface area contributed by atoms with E-state index in [4.69, 9.17) is 4.74 Å². The van der Waals surface area contributed by atoms with Gasteiger partial charge in [-0.3, -0.25) is 14.6 Å². The number of carboxylic acids is 1. The van der Waals surface area contributed by atoms with Crippen LogP contribution in [0.1, 0.15) is 44.9 Å². The van der Waals surface area contributed by atoms with Crippen LogP contribution in [0.5, 0.6) is 5.75 Å². The summed E-state index contributed by atoms with van der Waals surface area (Å²) in [4.78, 5) is 29.7. The average molecular weight is 502 g/mol. The van der Waals surface area contributed by atoms with Crippen LogP contribution in [-0.4, -0.2) is 34.6 Å². The summed E-state index contributed by atoms with van der Waals surface area (Å²) < 4.78 is 6.02. The Morgan fingerprint density at radius 3 is 2.54 bits per heavy atom. The summed E-state index contributed by atoms with van der Waals surface area (Å²) in [6, 6.07) is 16.4. The van der Waals surface area contributed by atoms with Crippen LogP contribution < -0.4 is 15.4 Å². The van der Waals surface area contributed by atoms with Crippen LogP contribution in [-0.2, 0) is 16.2 Å². The topological polar surface area (TPSA) is 101 Å². The number of nitrogens with zero attached hydrogens (tertiary/aromatic N) is 1. The number of hydrogen-bond donors (Lipinski definition) is 3. The van der Waals surface area contributed by atoms with E-state index in [1.807, 2.05) is 49.4 Å². The van der Waals surface area contributed by atoms with Crippen molar-refractivity contribution in [2.45, 2.75) is 53.2 Å². The van der Waals surface area contributed by atoms with Crippen LogP contribution in [0.25, 0.3) is 10.9 Å². The fourth-order valence-corrected chi connectivity index (χ4v) is 6.11. The molecule has 1 aliphatic carbocycles. The van der Waals surface area contributed by atoms with E-state index in [1.165, 1.54) is 0 Å². The molecule has 1 amide bonds. The quantitative estimate of drug-likeness (QED) is 0.431. The monoisotopic (exact) mass is 501 g/mol. The SMILES string of the molecule is Cc1cc(COc2ccc(NC(=O)[C@H]3NCC4(CC4C(C)(C)C)C[C@@H]3C(=O)O)cc2)c2ccccc2n1. The summed E-state index contributed by atoms with van der Waals surface area (Å²) in [5.74, 6) is -0.835. The summed E-state index contributed by atoms with van der Waals surface area (Å²) in [5.41, 5.74) is 3.66. The van der Waals surface area contributed by atoms with Crippen LogP contribution in [0.3, 0.4) is 0 Å². The van der Waals surface area contributed by atoms with E-state index in [-0.39, 0.29) is 16.7 Å². The van der Waals surface area contributed by atoms with Gasteiger partial charge >= 0.3 is 5.97 Å². The highest BCUT2D eigenvalue weighted by atomic mass is 16.5. The second kappa shape index (κ2) is 9.45. The van der Waals surface area contributed by atoms with Crippen molar-refractivity contribution in [1.82, 2.24) is 10.3 Å². The Bertz CT molecular complexity index is 1330. The molecule has 2 aromatic carbocycles. The lowest BCUT2D eigenvalue weighted by atomic mass is 9.76. The maximum atomic E-state index is 13.1. The number of para-hydroxylation sites is 1. The van der Waals surface area contributed by atoms with Gasteiger partial charge in [0.15, 0.2) is 0 Å². The Hall–Kier alpha value is -3.45. The number of carbonyl (C=O) groups excluding carboxylic acids is 1. The van der Waals surface area contributed by atoms with Crippen molar-refractivity contribution < 1.29 is 19.4 Å². The number of rotatable bonds is 6. The molecule has 2 aliphatic rings. The number of aliphatic carboxylic acids is 1. The molecule has 3 aromatic rings. The molecule has 1 aliphatic heterocycles.